The van der Waals surface area contributed by atoms with Crippen LogP contribution in [0.4, 0.5) is 0 Å². The number of carboxylic acids is 1. The molecule has 0 aliphatic heterocycles. The zero-order valence-electron chi connectivity index (χ0n) is 68.5. The number of unbranched alkanes of at least 4 members (excludes halogenated alkanes) is 36. The Morgan fingerprint density at radius 1 is 0.286 bits per heavy atom. The van der Waals surface area contributed by atoms with E-state index in [-0.39, 0.29) is 38.6 Å². The van der Waals surface area contributed by atoms with E-state index in [9.17, 15) is 19.5 Å². The fourth-order valence-electron chi connectivity index (χ4n) is 12.0. The van der Waals surface area contributed by atoms with E-state index in [1.165, 1.54) is 199 Å². The van der Waals surface area contributed by atoms with E-state index in [4.69, 9.17) is 18.9 Å². The second-order valence-electron chi connectivity index (χ2n) is 29.7. The average Bonchev–Trinajstić information content (AvgIpc) is 1.97. The van der Waals surface area contributed by atoms with E-state index in [0.717, 1.165) is 128 Å². The quantitative estimate of drug-likeness (QED) is 0.0195. The van der Waals surface area contributed by atoms with Gasteiger partial charge in [-0.3, -0.25) is 9.59 Å². The molecule has 0 saturated heterocycles. The van der Waals surface area contributed by atoms with Gasteiger partial charge >= 0.3 is 11.9 Å². The molecule has 0 saturated carbocycles. The normalized spacial score (nSPS) is 13.5. The highest BCUT2D eigenvalue weighted by molar-refractivity contribution is 5.70. The van der Waals surface area contributed by atoms with Crippen molar-refractivity contribution in [1.82, 2.24) is 0 Å². The maximum Gasteiger partial charge on any atom is 0.306 e. The van der Waals surface area contributed by atoms with Crippen molar-refractivity contribution in [2.45, 2.75) is 373 Å². The predicted molar refractivity (Wildman–Crippen MR) is 453 cm³/mol. The molecular weight excluding hydrogens is 1300 g/mol. The Hall–Kier alpha value is -5.35. The number of carbonyl (C=O) groups excluding carboxylic acids is 3. The number of allylic oxidation sites excluding steroid dienone is 28. The first-order chi connectivity index (χ1) is 51.6. The molecule has 0 aromatic rings. The highest BCUT2D eigenvalue weighted by Crippen LogP contribution is 2.19. The van der Waals surface area contributed by atoms with Gasteiger partial charge in [-0.2, -0.15) is 0 Å². The lowest BCUT2D eigenvalue weighted by atomic mass is 10.0. The van der Waals surface area contributed by atoms with Crippen molar-refractivity contribution in [1.29, 1.82) is 0 Å². The summed E-state index contributed by atoms with van der Waals surface area (Å²) >= 11 is 0. The lowest BCUT2D eigenvalue weighted by Crippen LogP contribution is -2.44. The number of rotatable bonds is 79. The number of likely N-dealkylation sites (N-methyl/N-ethyl adjacent to an activating group) is 1. The lowest BCUT2D eigenvalue weighted by molar-refractivity contribution is -0.870. The third kappa shape index (κ3) is 85.8. The molecule has 0 heterocycles. The summed E-state index contributed by atoms with van der Waals surface area (Å²) in [6.07, 6.45) is 123. The van der Waals surface area contributed by atoms with Crippen molar-refractivity contribution < 1.29 is 42.9 Å². The average molecular weight is 1460 g/mol. The molecule has 2 atom stereocenters. The Kier molecular flexibility index (Phi) is 80.0. The molecule has 0 radical (unpaired) electrons. The highest BCUT2D eigenvalue weighted by atomic mass is 16.7. The molecule has 0 aliphatic carbocycles. The van der Waals surface area contributed by atoms with Gasteiger partial charge in [-0.15, -0.1) is 0 Å². The van der Waals surface area contributed by atoms with Crippen molar-refractivity contribution in [3.8, 4) is 0 Å². The number of ether oxygens (including phenoxy) is 4. The van der Waals surface area contributed by atoms with Crippen molar-refractivity contribution in [2.75, 3.05) is 47.5 Å². The number of nitrogens with zero attached hydrogens (tertiary/aromatic N) is 1. The van der Waals surface area contributed by atoms with Gasteiger partial charge in [0, 0.05) is 12.8 Å². The Morgan fingerprint density at radius 2 is 0.514 bits per heavy atom. The molecule has 105 heavy (non-hydrogen) atoms. The minimum atomic E-state index is -1.63. The molecular formula is C96H161NO8. The van der Waals surface area contributed by atoms with Crippen LogP contribution in [0, 0.1) is 0 Å². The van der Waals surface area contributed by atoms with E-state index in [1.807, 2.05) is 21.1 Å². The summed E-state index contributed by atoms with van der Waals surface area (Å²) in [7, 11) is 5.94. The monoisotopic (exact) mass is 1460 g/mol. The zero-order valence-corrected chi connectivity index (χ0v) is 68.5. The lowest BCUT2D eigenvalue weighted by Gasteiger charge is -2.26. The van der Waals surface area contributed by atoms with Crippen LogP contribution < -0.4 is 5.11 Å². The van der Waals surface area contributed by atoms with Crippen LogP contribution in [0.2, 0.25) is 0 Å². The summed E-state index contributed by atoms with van der Waals surface area (Å²) in [4.78, 5) is 37.7. The summed E-state index contributed by atoms with van der Waals surface area (Å²) in [6, 6.07) is 0. The number of quaternary nitrogens is 1. The number of esters is 2. The summed E-state index contributed by atoms with van der Waals surface area (Å²) in [5.74, 6) is -2.27. The number of aliphatic carboxylic acids is 1. The van der Waals surface area contributed by atoms with Crippen LogP contribution in [-0.2, 0) is 33.3 Å². The Balaban J connectivity index is 4.00. The van der Waals surface area contributed by atoms with E-state index < -0.39 is 24.3 Å². The topological polar surface area (TPSA) is 111 Å². The van der Waals surface area contributed by atoms with Crippen molar-refractivity contribution >= 4 is 17.9 Å². The maximum absolute atomic E-state index is 13.0. The van der Waals surface area contributed by atoms with Gasteiger partial charge in [0.1, 0.15) is 13.2 Å². The molecule has 0 rings (SSSR count). The van der Waals surface area contributed by atoms with E-state index in [1.54, 1.807) is 0 Å². The molecule has 0 aromatic carbocycles. The molecule has 0 bridgehead atoms. The fraction of sp³-hybridized carbons (Fsp3) is 0.677. The number of hydrogen-bond donors (Lipinski definition) is 0. The van der Waals surface area contributed by atoms with E-state index in [2.05, 4.69) is 184 Å². The second kappa shape index (κ2) is 84.3. The first-order valence-corrected chi connectivity index (χ1v) is 43.3. The van der Waals surface area contributed by atoms with Gasteiger partial charge in [0.2, 0.25) is 0 Å². The second-order valence-corrected chi connectivity index (χ2v) is 29.7. The van der Waals surface area contributed by atoms with Crippen LogP contribution in [-0.4, -0.2) is 82.3 Å². The summed E-state index contributed by atoms with van der Waals surface area (Å²) in [5, 5.41) is 11.9. The largest absolute Gasteiger partial charge is 0.545 e. The standard InChI is InChI=1S/C96H161NO8/c1-6-8-10-12-14-16-18-20-22-24-26-28-30-32-34-36-38-40-42-44-46-47-49-50-52-54-56-58-60-62-64-66-68-70-72-74-76-78-80-82-84-86-93(98)103-90-92(91-104-96(95(100)101)102-89-88-97(3,4)5)105-94(99)87-85-83-81-79-77-75-73-71-69-67-65-63-61-59-57-55-53-51-48-45-43-41-39-37-35-33-31-29-27-25-23-21-19-17-15-13-11-9-7-2/h8-11,14-17,20-23,26-29,32-35,38-41,45,48,53,55,92,96H,6-7,12-13,18-19,24-25,30-31,36-37,42-44,46-47,49-52,54,56-91H2,1-5H3/b10-8-,11-9-,16-14-,17-15-,22-20-,23-21-,28-26-,29-27-,34-32-,35-33-,40-38-,41-39-,48-45-,55-53-. The molecule has 0 amide bonds. The molecule has 0 fully saturated rings. The van der Waals surface area contributed by atoms with Crippen LogP contribution in [0.5, 0.6) is 0 Å². The minimum absolute atomic E-state index is 0.143. The van der Waals surface area contributed by atoms with E-state index in [0.29, 0.717) is 17.4 Å². The molecule has 0 aliphatic rings. The van der Waals surface area contributed by atoms with Gasteiger partial charge in [-0.05, 0) is 128 Å². The first kappa shape index (κ1) is 99.7. The SMILES string of the molecule is CC/C=C\C/C=C\C/C=C\C/C=C\C/C=C\C/C=C\C/C=C\C/C=C\CCCCCCCCCCCCCCCCC(=O)OC(COC(=O)CCCCCCCCCCCCCCCCCCCCCCCC/C=C\C/C=C\C/C=C\C/C=C\C/C=C\C/C=C\CC)COC(OCC[N+](C)(C)C)C(=O)[O-]. The maximum atomic E-state index is 13.0. The third-order valence-corrected chi connectivity index (χ3v) is 18.5. The van der Waals surface area contributed by atoms with Gasteiger partial charge in [0.15, 0.2) is 12.4 Å². The third-order valence-electron chi connectivity index (χ3n) is 18.5. The first-order valence-electron chi connectivity index (χ1n) is 43.3. The molecule has 0 N–H and O–H groups in total. The van der Waals surface area contributed by atoms with Gasteiger partial charge in [-0.1, -0.05) is 389 Å². The zero-order chi connectivity index (χ0) is 76.0. The molecule has 0 spiro atoms. The smallest absolute Gasteiger partial charge is 0.306 e. The van der Waals surface area contributed by atoms with Crippen molar-refractivity contribution in [3.05, 3.63) is 170 Å². The fourth-order valence-corrected chi connectivity index (χ4v) is 12.0. The van der Waals surface area contributed by atoms with Crippen LogP contribution in [0.3, 0.4) is 0 Å². The van der Waals surface area contributed by atoms with Crippen LogP contribution >= 0.6 is 0 Å². The highest BCUT2D eigenvalue weighted by Gasteiger charge is 2.22. The van der Waals surface area contributed by atoms with Crippen LogP contribution in [0.25, 0.3) is 0 Å². The summed E-state index contributed by atoms with van der Waals surface area (Å²) in [5.41, 5.74) is 0. The molecule has 9 nitrogen and oxygen atoms in total. The Labute approximate surface area is 647 Å². The van der Waals surface area contributed by atoms with Gasteiger partial charge in [0.05, 0.1) is 40.3 Å². The summed E-state index contributed by atoms with van der Waals surface area (Å²) in [6.45, 7) is 4.55. The summed E-state index contributed by atoms with van der Waals surface area (Å²) < 4.78 is 22.9. The molecule has 2 unspecified atom stereocenters. The predicted octanol–water partition coefficient (Wildman–Crippen LogP) is 27.1. The molecule has 0 aromatic heterocycles. The van der Waals surface area contributed by atoms with Crippen molar-refractivity contribution in [2.24, 2.45) is 0 Å². The number of carboxylic acid groups (broad SMARTS) is 1. The van der Waals surface area contributed by atoms with Crippen molar-refractivity contribution in [3.63, 3.8) is 0 Å². The van der Waals surface area contributed by atoms with Gasteiger partial charge in [-0.25, -0.2) is 0 Å². The number of hydrogen-bond acceptors (Lipinski definition) is 8. The number of carbonyl (C=O) groups is 3. The molecule has 9 heteroatoms. The van der Waals surface area contributed by atoms with Gasteiger partial charge in [0.25, 0.3) is 0 Å². The Morgan fingerprint density at radius 3 is 0.762 bits per heavy atom. The van der Waals surface area contributed by atoms with Crippen LogP contribution in [0.1, 0.15) is 361 Å². The Bertz CT molecular complexity index is 2350. The van der Waals surface area contributed by atoms with Gasteiger partial charge < -0.3 is 33.3 Å². The minimum Gasteiger partial charge on any atom is -0.545 e. The molecule has 598 valence electrons. The van der Waals surface area contributed by atoms with E-state index >= 15 is 0 Å². The van der Waals surface area contributed by atoms with Crippen LogP contribution in [0.15, 0.2) is 170 Å².